The quantitative estimate of drug-likeness (QED) is 0.860. The van der Waals surface area contributed by atoms with E-state index >= 15 is 0 Å². The zero-order valence-electron chi connectivity index (χ0n) is 12.8. The summed E-state index contributed by atoms with van der Waals surface area (Å²) < 4.78 is 5.22. The van der Waals surface area contributed by atoms with E-state index in [-0.39, 0.29) is 5.54 Å². The lowest BCUT2D eigenvalue weighted by atomic mass is 9.80. The second-order valence-corrected chi connectivity index (χ2v) is 5.97. The SMILES string of the molecule is COc1cncc(C(O)C2(N(C)C)CCCCCC2)c1. The first kappa shape index (κ1) is 15.3. The molecule has 0 bridgehead atoms. The molecule has 0 amide bonds. The summed E-state index contributed by atoms with van der Waals surface area (Å²) in [4.78, 5) is 6.38. The highest BCUT2D eigenvalue weighted by Gasteiger charge is 2.41. The van der Waals surface area contributed by atoms with Crippen molar-refractivity contribution in [3.63, 3.8) is 0 Å². The van der Waals surface area contributed by atoms with E-state index in [1.165, 1.54) is 25.7 Å². The van der Waals surface area contributed by atoms with Gasteiger partial charge in [-0.2, -0.15) is 0 Å². The van der Waals surface area contributed by atoms with Crippen molar-refractivity contribution < 1.29 is 9.84 Å². The highest BCUT2D eigenvalue weighted by atomic mass is 16.5. The summed E-state index contributed by atoms with van der Waals surface area (Å²) in [7, 11) is 5.77. The van der Waals surface area contributed by atoms with Crippen molar-refractivity contribution >= 4 is 0 Å². The number of aliphatic hydroxyl groups is 1. The van der Waals surface area contributed by atoms with Crippen LogP contribution in [0.15, 0.2) is 18.5 Å². The molecule has 0 spiro atoms. The summed E-state index contributed by atoms with van der Waals surface area (Å²) in [6.07, 6.45) is 9.82. The minimum absolute atomic E-state index is 0.190. The van der Waals surface area contributed by atoms with Gasteiger partial charge in [0, 0.05) is 11.8 Å². The Kier molecular flexibility index (Phi) is 5.00. The van der Waals surface area contributed by atoms with Gasteiger partial charge in [-0.1, -0.05) is 25.7 Å². The lowest BCUT2D eigenvalue weighted by Crippen LogP contribution is -2.49. The largest absolute Gasteiger partial charge is 0.495 e. The van der Waals surface area contributed by atoms with Crippen LogP contribution in [0.2, 0.25) is 0 Å². The van der Waals surface area contributed by atoms with Gasteiger partial charge in [0.15, 0.2) is 0 Å². The number of aromatic nitrogens is 1. The normalized spacial score (nSPS) is 20.4. The first-order valence-electron chi connectivity index (χ1n) is 7.44. The van der Waals surface area contributed by atoms with Gasteiger partial charge in [0.25, 0.3) is 0 Å². The first-order chi connectivity index (χ1) is 9.60. The number of aliphatic hydroxyl groups excluding tert-OH is 1. The molecule has 0 aliphatic heterocycles. The van der Waals surface area contributed by atoms with E-state index in [1.807, 2.05) is 6.07 Å². The van der Waals surface area contributed by atoms with Gasteiger partial charge in [0.2, 0.25) is 0 Å². The number of hydrogen-bond donors (Lipinski definition) is 1. The van der Waals surface area contributed by atoms with E-state index in [1.54, 1.807) is 19.5 Å². The molecular formula is C16H26N2O2. The molecule has 1 fully saturated rings. The molecule has 4 heteroatoms. The van der Waals surface area contributed by atoms with Gasteiger partial charge in [-0.3, -0.25) is 4.98 Å². The van der Waals surface area contributed by atoms with E-state index in [2.05, 4.69) is 24.0 Å². The van der Waals surface area contributed by atoms with Gasteiger partial charge < -0.3 is 14.7 Å². The molecule has 1 aliphatic carbocycles. The van der Waals surface area contributed by atoms with Crippen LogP contribution in [0.3, 0.4) is 0 Å². The molecule has 0 radical (unpaired) electrons. The maximum atomic E-state index is 11.0. The summed E-state index contributed by atoms with van der Waals surface area (Å²) in [5, 5.41) is 11.0. The standard InChI is InChI=1S/C16H26N2O2/c1-18(2)16(8-6-4-5-7-9-16)15(19)13-10-14(20-3)12-17-11-13/h10-12,15,19H,4-9H2,1-3H3. The highest BCUT2D eigenvalue weighted by molar-refractivity contribution is 5.27. The molecule has 112 valence electrons. The molecule has 1 aliphatic rings. The molecule has 1 unspecified atom stereocenters. The number of hydrogen-bond acceptors (Lipinski definition) is 4. The van der Waals surface area contributed by atoms with E-state index in [9.17, 15) is 5.11 Å². The van der Waals surface area contributed by atoms with Gasteiger partial charge in [-0.15, -0.1) is 0 Å². The van der Waals surface area contributed by atoms with E-state index in [0.717, 1.165) is 18.4 Å². The van der Waals surface area contributed by atoms with E-state index < -0.39 is 6.10 Å². The number of ether oxygens (including phenoxy) is 1. The fourth-order valence-electron chi connectivity index (χ4n) is 3.31. The van der Waals surface area contributed by atoms with Gasteiger partial charge in [-0.05, 0) is 33.0 Å². The number of methoxy groups -OCH3 is 1. The van der Waals surface area contributed by atoms with Crippen LogP contribution in [-0.4, -0.2) is 41.7 Å². The third kappa shape index (κ3) is 2.96. The Morgan fingerprint density at radius 1 is 1.20 bits per heavy atom. The smallest absolute Gasteiger partial charge is 0.137 e. The zero-order valence-corrected chi connectivity index (χ0v) is 12.8. The maximum Gasteiger partial charge on any atom is 0.137 e. The third-order valence-electron chi connectivity index (χ3n) is 4.65. The summed E-state index contributed by atoms with van der Waals surface area (Å²) in [5.74, 6) is 0.698. The molecular weight excluding hydrogens is 252 g/mol. The van der Waals surface area contributed by atoms with Gasteiger partial charge in [0.1, 0.15) is 5.75 Å². The van der Waals surface area contributed by atoms with Crippen molar-refractivity contribution in [2.75, 3.05) is 21.2 Å². The van der Waals surface area contributed by atoms with Crippen molar-refractivity contribution in [1.29, 1.82) is 0 Å². The Morgan fingerprint density at radius 3 is 2.40 bits per heavy atom. The molecule has 20 heavy (non-hydrogen) atoms. The molecule has 1 saturated carbocycles. The molecule has 4 nitrogen and oxygen atoms in total. The first-order valence-corrected chi connectivity index (χ1v) is 7.44. The van der Waals surface area contributed by atoms with Crippen molar-refractivity contribution in [1.82, 2.24) is 9.88 Å². The lowest BCUT2D eigenvalue weighted by molar-refractivity contribution is -0.0201. The predicted molar refractivity (Wildman–Crippen MR) is 79.9 cm³/mol. The van der Waals surface area contributed by atoms with E-state index in [0.29, 0.717) is 5.75 Å². The Hall–Kier alpha value is -1.13. The molecule has 1 aromatic rings. The molecule has 0 saturated heterocycles. The van der Waals surface area contributed by atoms with Crippen LogP contribution in [0.5, 0.6) is 5.75 Å². The molecule has 2 rings (SSSR count). The Labute approximate surface area is 121 Å². The average molecular weight is 278 g/mol. The number of rotatable bonds is 4. The van der Waals surface area contributed by atoms with Crippen LogP contribution in [0.4, 0.5) is 0 Å². The molecule has 0 aromatic carbocycles. The van der Waals surface area contributed by atoms with Crippen LogP contribution in [-0.2, 0) is 0 Å². The summed E-state index contributed by atoms with van der Waals surface area (Å²) in [5.41, 5.74) is 0.657. The van der Waals surface area contributed by atoms with Crippen molar-refractivity contribution in [3.8, 4) is 5.75 Å². The van der Waals surface area contributed by atoms with Crippen LogP contribution in [0.1, 0.15) is 50.2 Å². The number of likely N-dealkylation sites (N-methyl/N-ethyl adjacent to an activating group) is 1. The van der Waals surface area contributed by atoms with Crippen molar-refractivity contribution in [2.45, 2.75) is 50.2 Å². The lowest BCUT2D eigenvalue weighted by Gasteiger charge is -2.43. The van der Waals surface area contributed by atoms with Crippen molar-refractivity contribution in [2.24, 2.45) is 0 Å². The Bertz CT molecular complexity index is 426. The third-order valence-corrected chi connectivity index (χ3v) is 4.65. The summed E-state index contributed by atoms with van der Waals surface area (Å²) >= 11 is 0. The minimum Gasteiger partial charge on any atom is -0.495 e. The molecule has 1 N–H and O–H groups in total. The number of nitrogens with zero attached hydrogens (tertiary/aromatic N) is 2. The predicted octanol–water partition coefficient (Wildman–Crippen LogP) is 2.78. The zero-order chi connectivity index (χ0) is 14.6. The molecule has 1 heterocycles. The van der Waals surface area contributed by atoms with Crippen LogP contribution < -0.4 is 4.74 Å². The second kappa shape index (κ2) is 6.55. The van der Waals surface area contributed by atoms with Crippen LogP contribution >= 0.6 is 0 Å². The topological polar surface area (TPSA) is 45.6 Å². The van der Waals surface area contributed by atoms with Crippen LogP contribution in [0.25, 0.3) is 0 Å². The fraction of sp³-hybridized carbons (Fsp3) is 0.688. The summed E-state index contributed by atoms with van der Waals surface area (Å²) in [6.45, 7) is 0. The maximum absolute atomic E-state index is 11.0. The minimum atomic E-state index is -0.529. The van der Waals surface area contributed by atoms with Gasteiger partial charge >= 0.3 is 0 Å². The van der Waals surface area contributed by atoms with Gasteiger partial charge in [-0.25, -0.2) is 0 Å². The van der Waals surface area contributed by atoms with Crippen molar-refractivity contribution in [3.05, 3.63) is 24.0 Å². The second-order valence-electron chi connectivity index (χ2n) is 5.97. The highest BCUT2D eigenvalue weighted by Crippen LogP contribution is 2.41. The Balaban J connectivity index is 2.32. The fourth-order valence-corrected chi connectivity index (χ4v) is 3.31. The molecule has 1 aromatic heterocycles. The van der Waals surface area contributed by atoms with E-state index in [4.69, 9.17) is 4.74 Å². The average Bonchev–Trinajstić information content (AvgIpc) is 2.73. The van der Waals surface area contributed by atoms with Crippen LogP contribution in [0, 0.1) is 0 Å². The molecule has 1 atom stereocenters. The summed E-state index contributed by atoms with van der Waals surface area (Å²) in [6, 6.07) is 1.90. The van der Waals surface area contributed by atoms with Gasteiger partial charge in [0.05, 0.1) is 24.9 Å². The monoisotopic (exact) mass is 278 g/mol. The number of pyridine rings is 1. The Morgan fingerprint density at radius 2 is 1.85 bits per heavy atom.